The number of hydrogen-bond donors (Lipinski definition) is 1. The summed E-state index contributed by atoms with van der Waals surface area (Å²) in [6.45, 7) is 0. The van der Waals surface area contributed by atoms with Crippen molar-refractivity contribution < 1.29 is 27.6 Å². The van der Waals surface area contributed by atoms with Crippen LogP contribution in [0.25, 0.3) is 11.5 Å². The average Bonchev–Trinajstić information content (AvgIpc) is 2.76. The van der Waals surface area contributed by atoms with E-state index in [2.05, 4.69) is 10.1 Å². The van der Waals surface area contributed by atoms with Crippen LogP contribution < -0.4 is 0 Å². The molecule has 0 bridgehead atoms. The van der Waals surface area contributed by atoms with Crippen LogP contribution in [0.15, 0.2) is 28.8 Å². The molecule has 0 atom stereocenters. The molecular formula is C11H7F3N2O3. The third-order valence-corrected chi connectivity index (χ3v) is 2.21. The fourth-order valence-electron chi connectivity index (χ4n) is 1.41. The number of halogens is 3. The van der Waals surface area contributed by atoms with Gasteiger partial charge in [0.1, 0.15) is 6.42 Å². The Morgan fingerprint density at radius 2 is 2.11 bits per heavy atom. The van der Waals surface area contributed by atoms with Crippen LogP contribution in [-0.2, 0) is 17.4 Å². The van der Waals surface area contributed by atoms with Gasteiger partial charge >= 0.3 is 12.1 Å². The highest BCUT2D eigenvalue weighted by Crippen LogP contribution is 2.31. The molecule has 0 aliphatic heterocycles. The summed E-state index contributed by atoms with van der Waals surface area (Å²) in [7, 11) is 0. The van der Waals surface area contributed by atoms with Crippen LogP contribution in [0.3, 0.4) is 0 Å². The van der Waals surface area contributed by atoms with E-state index >= 15 is 0 Å². The molecule has 0 amide bonds. The van der Waals surface area contributed by atoms with Crippen molar-refractivity contribution in [2.24, 2.45) is 0 Å². The Morgan fingerprint density at radius 1 is 1.37 bits per heavy atom. The Kier molecular flexibility index (Phi) is 3.24. The number of carboxylic acid groups (broad SMARTS) is 1. The minimum Gasteiger partial charge on any atom is -0.481 e. The van der Waals surface area contributed by atoms with Crippen molar-refractivity contribution in [1.29, 1.82) is 0 Å². The van der Waals surface area contributed by atoms with Crippen molar-refractivity contribution in [2.75, 3.05) is 0 Å². The lowest BCUT2D eigenvalue weighted by Gasteiger charge is -2.06. The number of hydrogen-bond acceptors (Lipinski definition) is 4. The fraction of sp³-hybridized carbons (Fsp3) is 0.182. The summed E-state index contributed by atoms with van der Waals surface area (Å²) in [6, 6.07) is 4.35. The molecule has 0 spiro atoms. The van der Waals surface area contributed by atoms with Gasteiger partial charge in [-0.3, -0.25) is 4.79 Å². The molecule has 19 heavy (non-hydrogen) atoms. The van der Waals surface area contributed by atoms with Gasteiger partial charge in [0.15, 0.2) is 5.82 Å². The highest BCUT2D eigenvalue weighted by molar-refractivity contribution is 5.69. The van der Waals surface area contributed by atoms with Gasteiger partial charge in [-0.2, -0.15) is 18.2 Å². The third-order valence-electron chi connectivity index (χ3n) is 2.21. The third kappa shape index (κ3) is 3.09. The van der Waals surface area contributed by atoms with Crippen molar-refractivity contribution >= 4 is 5.97 Å². The average molecular weight is 272 g/mol. The smallest absolute Gasteiger partial charge is 0.416 e. The lowest BCUT2D eigenvalue weighted by Crippen LogP contribution is -2.04. The molecule has 1 aromatic carbocycles. The minimum absolute atomic E-state index is 0.0824. The maximum absolute atomic E-state index is 12.5. The van der Waals surface area contributed by atoms with Gasteiger partial charge in [-0.15, -0.1) is 0 Å². The van der Waals surface area contributed by atoms with E-state index in [0.29, 0.717) is 0 Å². The predicted octanol–water partition coefficient (Wildman–Crippen LogP) is 2.38. The zero-order chi connectivity index (χ0) is 14.0. The normalized spacial score (nSPS) is 11.5. The molecule has 0 fully saturated rings. The molecule has 1 heterocycles. The molecular weight excluding hydrogens is 265 g/mol. The molecule has 0 aliphatic rings. The van der Waals surface area contributed by atoms with E-state index < -0.39 is 24.1 Å². The topological polar surface area (TPSA) is 76.2 Å². The molecule has 0 unspecified atom stereocenters. The summed E-state index contributed by atoms with van der Waals surface area (Å²) in [5.41, 5.74) is -0.762. The summed E-state index contributed by atoms with van der Waals surface area (Å²) in [4.78, 5) is 14.1. The van der Waals surface area contributed by atoms with E-state index in [4.69, 9.17) is 9.63 Å². The van der Waals surface area contributed by atoms with Crippen molar-refractivity contribution in [3.8, 4) is 11.5 Å². The molecule has 8 heteroatoms. The second-order valence-electron chi connectivity index (χ2n) is 3.66. The highest BCUT2D eigenvalue weighted by Gasteiger charge is 2.30. The van der Waals surface area contributed by atoms with Crippen LogP contribution in [-0.4, -0.2) is 21.2 Å². The van der Waals surface area contributed by atoms with Crippen LogP contribution in [0, 0.1) is 0 Å². The molecule has 0 radical (unpaired) electrons. The Bertz CT molecular complexity index is 607. The summed E-state index contributed by atoms with van der Waals surface area (Å²) < 4.78 is 42.3. The van der Waals surface area contributed by atoms with Crippen molar-refractivity contribution in [2.45, 2.75) is 12.6 Å². The molecule has 5 nitrogen and oxygen atoms in total. The molecule has 1 aromatic heterocycles. The summed E-state index contributed by atoms with van der Waals surface area (Å²) in [5, 5.41) is 11.9. The standard InChI is InChI=1S/C11H7F3N2O3/c12-11(13,14)7-3-1-2-6(4-7)10-15-8(16-19-10)5-9(17)18/h1-4H,5H2,(H,17,18). The number of rotatable bonds is 3. The first kappa shape index (κ1) is 13.1. The first-order valence-electron chi connectivity index (χ1n) is 5.08. The number of aliphatic carboxylic acids is 1. The maximum Gasteiger partial charge on any atom is 0.416 e. The van der Waals surface area contributed by atoms with E-state index in [0.717, 1.165) is 12.1 Å². The first-order valence-corrected chi connectivity index (χ1v) is 5.08. The lowest BCUT2D eigenvalue weighted by atomic mass is 10.1. The van der Waals surface area contributed by atoms with Gasteiger partial charge in [0.25, 0.3) is 5.89 Å². The number of carboxylic acids is 1. The molecule has 0 aliphatic carbocycles. The van der Waals surface area contributed by atoms with Gasteiger partial charge in [-0.1, -0.05) is 11.2 Å². The van der Waals surface area contributed by atoms with Crippen LogP contribution in [0.5, 0.6) is 0 Å². The van der Waals surface area contributed by atoms with E-state index in [9.17, 15) is 18.0 Å². The minimum atomic E-state index is -4.47. The van der Waals surface area contributed by atoms with Gasteiger partial charge in [0, 0.05) is 5.56 Å². The number of benzene rings is 1. The van der Waals surface area contributed by atoms with Gasteiger partial charge in [0.2, 0.25) is 0 Å². The Morgan fingerprint density at radius 3 is 2.74 bits per heavy atom. The number of alkyl halides is 3. The molecule has 2 aromatic rings. The van der Waals surface area contributed by atoms with Crippen LogP contribution in [0.4, 0.5) is 13.2 Å². The molecule has 0 saturated carbocycles. The van der Waals surface area contributed by atoms with Crippen LogP contribution >= 0.6 is 0 Å². The summed E-state index contributed by atoms with van der Waals surface area (Å²) in [6.07, 6.45) is -4.93. The lowest BCUT2D eigenvalue weighted by molar-refractivity contribution is -0.138. The van der Waals surface area contributed by atoms with Crippen molar-refractivity contribution in [1.82, 2.24) is 10.1 Å². The molecule has 0 saturated heterocycles. The van der Waals surface area contributed by atoms with Crippen LogP contribution in [0.2, 0.25) is 0 Å². The Hall–Kier alpha value is -2.38. The Labute approximate surface area is 104 Å². The second-order valence-corrected chi connectivity index (χ2v) is 3.66. The van der Waals surface area contributed by atoms with Crippen molar-refractivity contribution in [3.63, 3.8) is 0 Å². The van der Waals surface area contributed by atoms with Gasteiger partial charge in [-0.05, 0) is 18.2 Å². The Balaban J connectivity index is 2.32. The van der Waals surface area contributed by atoms with Crippen LogP contribution in [0.1, 0.15) is 11.4 Å². The van der Waals surface area contributed by atoms with Crippen molar-refractivity contribution in [3.05, 3.63) is 35.7 Å². The van der Waals surface area contributed by atoms with E-state index in [1.165, 1.54) is 12.1 Å². The zero-order valence-corrected chi connectivity index (χ0v) is 9.31. The summed E-state index contributed by atoms with van der Waals surface area (Å²) >= 11 is 0. The fourth-order valence-corrected chi connectivity index (χ4v) is 1.41. The largest absolute Gasteiger partial charge is 0.481 e. The van der Waals surface area contributed by atoms with E-state index in [1.807, 2.05) is 0 Å². The van der Waals surface area contributed by atoms with Gasteiger partial charge < -0.3 is 9.63 Å². The van der Waals surface area contributed by atoms with E-state index in [1.54, 1.807) is 0 Å². The number of aromatic nitrogens is 2. The molecule has 2 rings (SSSR count). The molecule has 1 N–H and O–H groups in total. The summed E-state index contributed by atoms with van der Waals surface area (Å²) in [5.74, 6) is -1.40. The second kappa shape index (κ2) is 4.71. The van der Waals surface area contributed by atoms with Gasteiger partial charge in [-0.25, -0.2) is 0 Å². The SMILES string of the molecule is O=C(O)Cc1noc(-c2cccc(C(F)(F)F)c2)n1. The molecule has 100 valence electrons. The quantitative estimate of drug-likeness (QED) is 0.928. The number of nitrogens with zero attached hydrogens (tertiary/aromatic N) is 2. The number of carbonyl (C=O) groups is 1. The zero-order valence-electron chi connectivity index (χ0n) is 9.31. The monoisotopic (exact) mass is 272 g/mol. The predicted molar refractivity (Wildman–Crippen MR) is 56.1 cm³/mol. The highest BCUT2D eigenvalue weighted by atomic mass is 19.4. The maximum atomic E-state index is 12.5. The van der Waals surface area contributed by atoms with Gasteiger partial charge in [0.05, 0.1) is 5.56 Å². The van der Waals surface area contributed by atoms with E-state index in [-0.39, 0.29) is 17.3 Å². The first-order chi connectivity index (χ1) is 8.86.